The molecule has 2 aliphatic rings. The van der Waals surface area contributed by atoms with Crippen LogP contribution in [-0.4, -0.2) is 44.8 Å². The lowest BCUT2D eigenvalue weighted by atomic mass is 9.83. The van der Waals surface area contributed by atoms with Gasteiger partial charge in [-0.1, -0.05) is 36.2 Å². The number of ether oxygens (including phenoxy) is 2. The van der Waals surface area contributed by atoms with Crippen molar-refractivity contribution in [2.45, 2.75) is 45.8 Å². The first kappa shape index (κ1) is 26.7. The summed E-state index contributed by atoms with van der Waals surface area (Å²) >= 11 is 12.8. The van der Waals surface area contributed by atoms with Crippen LogP contribution in [0.25, 0.3) is 28.2 Å². The van der Waals surface area contributed by atoms with Gasteiger partial charge in [0.05, 0.1) is 24.2 Å². The second-order valence-electron chi connectivity index (χ2n) is 11.1. The molecule has 0 bridgehead atoms. The van der Waals surface area contributed by atoms with Crippen LogP contribution in [0, 0.1) is 5.92 Å². The zero-order valence-corrected chi connectivity index (χ0v) is 24.4. The quantitative estimate of drug-likeness (QED) is 0.252. The van der Waals surface area contributed by atoms with Gasteiger partial charge in [-0.3, -0.25) is 9.78 Å². The normalized spacial score (nSPS) is 17.6. The van der Waals surface area contributed by atoms with Crippen LogP contribution >= 0.6 is 23.2 Å². The number of carbonyl (C=O) groups excluding carboxylic acids is 1. The number of amides is 1. The number of hydrogen-bond donors (Lipinski definition) is 0. The van der Waals surface area contributed by atoms with E-state index in [0.717, 1.165) is 40.9 Å². The molecule has 0 spiro atoms. The Hall–Kier alpha value is -3.55. The monoisotopic (exact) mass is 576 g/mol. The predicted molar refractivity (Wildman–Crippen MR) is 157 cm³/mol. The van der Waals surface area contributed by atoms with Gasteiger partial charge < -0.3 is 14.4 Å². The Morgan fingerprint density at radius 1 is 1.10 bits per heavy atom. The summed E-state index contributed by atoms with van der Waals surface area (Å²) < 4.78 is 13.7. The van der Waals surface area contributed by atoms with Gasteiger partial charge in [0, 0.05) is 51.1 Å². The van der Waals surface area contributed by atoms with E-state index in [4.69, 9.17) is 37.8 Å². The fourth-order valence-electron chi connectivity index (χ4n) is 6.01. The summed E-state index contributed by atoms with van der Waals surface area (Å²) in [6.07, 6.45) is 3.62. The van der Waals surface area contributed by atoms with E-state index in [-0.39, 0.29) is 18.1 Å². The van der Waals surface area contributed by atoms with Gasteiger partial charge in [-0.05, 0) is 69.0 Å². The molecule has 6 rings (SSSR count). The van der Waals surface area contributed by atoms with E-state index in [1.54, 1.807) is 36.2 Å². The Morgan fingerprint density at radius 2 is 1.88 bits per heavy atom. The number of rotatable bonds is 4. The van der Waals surface area contributed by atoms with Crippen LogP contribution in [0.15, 0.2) is 54.7 Å². The second-order valence-corrected chi connectivity index (χ2v) is 12.0. The molecule has 9 heteroatoms. The van der Waals surface area contributed by atoms with Gasteiger partial charge in [0.25, 0.3) is 5.91 Å². The Balaban J connectivity index is 1.58. The molecule has 4 heterocycles. The highest BCUT2D eigenvalue weighted by molar-refractivity contribution is 6.34. The minimum absolute atomic E-state index is 0.106. The average Bonchev–Trinajstić information content (AvgIpc) is 3.32. The number of likely N-dealkylation sites (tertiary alicyclic amines) is 1. The first-order valence-electron chi connectivity index (χ1n) is 13.3. The minimum atomic E-state index is -0.294. The maximum absolute atomic E-state index is 14.2. The fraction of sp³-hybridized carbons (Fsp3) is 0.323. The van der Waals surface area contributed by atoms with Crippen LogP contribution in [0.2, 0.25) is 10.0 Å². The van der Waals surface area contributed by atoms with Crippen LogP contribution in [-0.2, 0) is 6.61 Å². The molecule has 1 atom stereocenters. The van der Waals surface area contributed by atoms with Crippen LogP contribution in [0.3, 0.4) is 0 Å². The molecule has 1 fully saturated rings. The number of methoxy groups -OCH3 is 1. The summed E-state index contributed by atoms with van der Waals surface area (Å²) in [6, 6.07) is 14.8. The van der Waals surface area contributed by atoms with Crippen molar-refractivity contribution in [2.24, 2.45) is 5.92 Å². The topological polar surface area (TPSA) is 69.5 Å². The van der Waals surface area contributed by atoms with Gasteiger partial charge in [0.15, 0.2) is 5.69 Å². The van der Waals surface area contributed by atoms with Gasteiger partial charge in [-0.15, -0.1) is 0 Å². The number of benzene rings is 2. The third-order valence-corrected chi connectivity index (χ3v) is 8.25. The minimum Gasteiger partial charge on any atom is -0.496 e. The average molecular weight is 578 g/mol. The van der Waals surface area contributed by atoms with Gasteiger partial charge in [0.2, 0.25) is 0 Å². The first-order valence-corrected chi connectivity index (χ1v) is 14.1. The van der Waals surface area contributed by atoms with E-state index < -0.39 is 0 Å². The van der Waals surface area contributed by atoms with Crippen LogP contribution in [0.1, 0.15) is 49.7 Å². The summed E-state index contributed by atoms with van der Waals surface area (Å²) in [6.45, 7) is 7.35. The highest BCUT2D eigenvalue weighted by Gasteiger charge is 2.40. The number of fused-ring (bicyclic) bond motifs is 3. The van der Waals surface area contributed by atoms with E-state index in [2.05, 4.69) is 25.8 Å². The highest BCUT2D eigenvalue weighted by Crippen LogP contribution is 2.46. The van der Waals surface area contributed by atoms with Crippen molar-refractivity contribution in [1.82, 2.24) is 19.7 Å². The van der Waals surface area contributed by atoms with E-state index in [9.17, 15) is 4.79 Å². The zero-order valence-electron chi connectivity index (χ0n) is 22.9. The van der Waals surface area contributed by atoms with Gasteiger partial charge in [-0.2, -0.15) is 5.10 Å². The summed E-state index contributed by atoms with van der Waals surface area (Å²) in [4.78, 5) is 20.7. The molecular weight excluding hydrogens is 547 g/mol. The number of piperidine rings is 1. The van der Waals surface area contributed by atoms with Crippen LogP contribution in [0.4, 0.5) is 0 Å². The number of halogens is 2. The van der Waals surface area contributed by atoms with E-state index in [1.807, 2.05) is 35.2 Å². The largest absolute Gasteiger partial charge is 0.496 e. The van der Waals surface area contributed by atoms with Crippen molar-refractivity contribution in [3.05, 3.63) is 76.0 Å². The van der Waals surface area contributed by atoms with Gasteiger partial charge in [0.1, 0.15) is 18.1 Å². The third-order valence-electron chi connectivity index (χ3n) is 7.82. The molecule has 2 aliphatic heterocycles. The summed E-state index contributed by atoms with van der Waals surface area (Å²) in [5.74, 6) is 1.71. The molecule has 1 saturated heterocycles. The number of aromatic nitrogens is 3. The second kappa shape index (κ2) is 10.1. The fourth-order valence-corrected chi connectivity index (χ4v) is 6.53. The molecule has 7 nitrogen and oxygen atoms in total. The molecule has 1 unspecified atom stereocenters. The van der Waals surface area contributed by atoms with Crippen molar-refractivity contribution < 1.29 is 14.3 Å². The lowest BCUT2D eigenvalue weighted by molar-refractivity contribution is 0.0332. The molecule has 0 aliphatic carbocycles. The molecular formula is C31H30Cl2N4O3. The number of nitrogens with zero attached hydrogens (tertiary/aromatic N) is 4. The van der Waals surface area contributed by atoms with E-state index in [0.29, 0.717) is 45.4 Å². The summed E-state index contributed by atoms with van der Waals surface area (Å²) in [7, 11) is 1.62. The smallest absolute Gasteiger partial charge is 0.275 e. The Bertz CT molecular complexity index is 1600. The molecule has 2 aromatic heterocycles. The predicted octanol–water partition coefficient (Wildman–Crippen LogP) is 7.46. The zero-order chi connectivity index (χ0) is 28.2. The maximum Gasteiger partial charge on any atom is 0.275 e. The molecule has 4 aromatic rings. The SMILES string of the molecule is COc1cc2c(cc1-c1ccccn1)-c1c(c(C(=O)N3CCC(C)CC3(C)C)nn1-c1cc(Cl)cc(Cl)c1)CO2. The molecule has 1 amide bonds. The summed E-state index contributed by atoms with van der Waals surface area (Å²) in [5, 5.41) is 5.88. The lowest BCUT2D eigenvalue weighted by Crippen LogP contribution is -2.52. The number of pyridine rings is 1. The van der Waals surface area contributed by atoms with Crippen molar-refractivity contribution >= 4 is 29.1 Å². The molecule has 0 radical (unpaired) electrons. The van der Waals surface area contributed by atoms with Crippen molar-refractivity contribution in [3.8, 4) is 39.7 Å². The number of hydrogen-bond acceptors (Lipinski definition) is 5. The Morgan fingerprint density at radius 3 is 2.55 bits per heavy atom. The highest BCUT2D eigenvalue weighted by atomic mass is 35.5. The van der Waals surface area contributed by atoms with Crippen LogP contribution < -0.4 is 9.47 Å². The summed E-state index contributed by atoms with van der Waals surface area (Å²) in [5.41, 5.74) is 4.54. The third kappa shape index (κ3) is 4.61. The van der Waals surface area contributed by atoms with Crippen molar-refractivity contribution in [2.75, 3.05) is 13.7 Å². The lowest BCUT2D eigenvalue weighted by Gasteiger charge is -2.44. The molecule has 206 valence electrons. The van der Waals surface area contributed by atoms with Crippen molar-refractivity contribution in [1.29, 1.82) is 0 Å². The molecule has 40 heavy (non-hydrogen) atoms. The maximum atomic E-state index is 14.2. The molecule has 0 N–H and O–H groups in total. The first-order chi connectivity index (χ1) is 19.2. The van der Waals surface area contributed by atoms with E-state index in [1.165, 1.54) is 0 Å². The van der Waals surface area contributed by atoms with Crippen molar-refractivity contribution in [3.63, 3.8) is 0 Å². The molecule has 0 saturated carbocycles. The van der Waals surface area contributed by atoms with Crippen LogP contribution in [0.5, 0.6) is 11.5 Å². The van der Waals surface area contributed by atoms with E-state index >= 15 is 0 Å². The van der Waals surface area contributed by atoms with Gasteiger partial charge >= 0.3 is 0 Å². The Labute approximate surface area is 243 Å². The number of carbonyl (C=O) groups is 1. The molecule has 2 aromatic carbocycles. The van der Waals surface area contributed by atoms with Gasteiger partial charge in [-0.25, -0.2) is 4.68 Å². The standard InChI is InChI=1S/C31H30Cl2N4O3/c1-18-8-10-36(31(2,3)16-18)30(38)28-24-17-40-27-15-26(39-4)22(25-7-5-6-9-34-25)14-23(27)29(24)37(35-28)21-12-19(32)11-20(33)13-21/h5-7,9,11-15,18H,8,10,16-17H2,1-4H3. The Kier molecular flexibility index (Phi) is 6.75.